The van der Waals surface area contributed by atoms with Gasteiger partial charge in [0, 0.05) is 19.5 Å². The average molecular weight is 328 g/mol. The van der Waals surface area contributed by atoms with Crippen LogP contribution in [0.3, 0.4) is 0 Å². The second-order valence-electron chi connectivity index (χ2n) is 6.05. The monoisotopic (exact) mass is 328 g/mol. The summed E-state index contributed by atoms with van der Waals surface area (Å²) in [6, 6.07) is 9.42. The summed E-state index contributed by atoms with van der Waals surface area (Å²) in [6.07, 6.45) is 4.10. The standard InChI is InChI=1S/C17H20N4O3/c22-16(23)9-8-13-5-4-10-20(12-13)17(24)15-11-18-21(19-15)14-6-2-1-3-7-14/h1-3,6-7,11,13H,4-5,8-10,12H2,(H,22,23)/t13-/m0/s1. The Bertz CT molecular complexity index is 714. The molecule has 126 valence electrons. The lowest BCUT2D eigenvalue weighted by molar-refractivity contribution is -0.137. The number of hydrogen-bond donors (Lipinski definition) is 1. The number of likely N-dealkylation sites (tertiary alicyclic amines) is 1. The summed E-state index contributed by atoms with van der Waals surface area (Å²) >= 11 is 0. The van der Waals surface area contributed by atoms with Gasteiger partial charge in [-0.2, -0.15) is 9.90 Å². The van der Waals surface area contributed by atoms with E-state index in [1.165, 1.54) is 11.0 Å². The van der Waals surface area contributed by atoms with Gasteiger partial charge in [-0.1, -0.05) is 18.2 Å². The number of carbonyl (C=O) groups is 2. The molecule has 0 unspecified atom stereocenters. The second-order valence-corrected chi connectivity index (χ2v) is 6.05. The normalized spacial score (nSPS) is 17.7. The van der Waals surface area contributed by atoms with Crippen molar-refractivity contribution in [3.05, 3.63) is 42.2 Å². The average Bonchev–Trinajstić information content (AvgIpc) is 3.10. The van der Waals surface area contributed by atoms with Crippen LogP contribution >= 0.6 is 0 Å². The van der Waals surface area contributed by atoms with E-state index in [9.17, 15) is 9.59 Å². The van der Waals surface area contributed by atoms with Gasteiger partial charge >= 0.3 is 5.97 Å². The van der Waals surface area contributed by atoms with Crippen LogP contribution in [-0.4, -0.2) is 50.0 Å². The van der Waals surface area contributed by atoms with Crippen molar-refractivity contribution >= 4 is 11.9 Å². The van der Waals surface area contributed by atoms with Crippen molar-refractivity contribution in [2.24, 2.45) is 5.92 Å². The van der Waals surface area contributed by atoms with Crippen LogP contribution in [0.4, 0.5) is 0 Å². The molecule has 0 bridgehead atoms. The summed E-state index contributed by atoms with van der Waals surface area (Å²) in [7, 11) is 0. The maximum absolute atomic E-state index is 12.6. The van der Waals surface area contributed by atoms with Gasteiger partial charge in [-0.25, -0.2) is 0 Å². The zero-order valence-corrected chi connectivity index (χ0v) is 13.3. The number of amides is 1. The van der Waals surface area contributed by atoms with E-state index in [1.807, 2.05) is 30.3 Å². The number of carboxylic acid groups (broad SMARTS) is 1. The fourth-order valence-corrected chi connectivity index (χ4v) is 3.02. The van der Waals surface area contributed by atoms with E-state index < -0.39 is 5.97 Å². The molecule has 0 spiro atoms. The zero-order valence-electron chi connectivity index (χ0n) is 13.3. The van der Waals surface area contributed by atoms with Crippen molar-refractivity contribution in [3.8, 4) is 5.69 Å². The Labute approximate surface area is 139 Å². The quantitative estimate of drug-likeness (QED) is 0.906. The third kappa shape index (κ3) is 3.79. The maximum Gasteiger partial charge on any atom is 0.303 e. The first kappa shape index (κ1) is 16.2. The van der Waals surface area contributed by atoms with Crippen molar-refractivity contribution in [3.63, 3.8) is 0 Å². The van der Waals surface area contributed by atoms with Crippen molar-refractivity contribution in [2.45, 2.75) is 25.7 Å². The lowest BCUT2D eigenvalue weighted by atomic mass is 9.93. The van der Waals surface area contributed by atoms with E-state index in [1.54, 1.807) is 4.90 Å². The van der Waals surface area contributed by atoms with Crippen molar-refractivity contribution < 1.29 is 14.7 Å². The number of hydrogen-bond acceptors (Lipinski definition) is 4. The second kappa shape index (κ2) is 7.25. The van der Waals surface area contributed by atoms with Gasteiger partial charge in [0.15, 0.2) is 5.69 Å². The predicted octanol–water partition coefficient (Wildman–Crippen LogP) is 1.98. The van der Waals surface area contributed by atoms with Crippen LogP contribution in [0.25, 0.3) is 5.69 Å². The molecular weight excluding hydrogens is 308 g/mol. The van der Waals surface area contributed by atoms with Crippen LogP contribution in [0, 0.1) is 5.92 Å². The van der Waals surface area contributed by atoms with Crippen LogP contribution in [0.2, 0.25) is 0 Å². The topological polar surface area (TPSA) is 88.3 Å². The summed E-state index contributed by atoms with van der Waals surface area (Å²) in [4.78, 5) is 26.5. The number of aromatic nitrogens is 3. The molecule has 7 nitrogen and oxygen atoms in total. The van der Waals surface area contributed by atoms with Gasteiger partial charge in [-0.05, 0) is 37.3 Å². The van der Waals surface area contributed by atoms with Crippen molar-refractivity contribution in [1.29, 1.82) is 0 Å². The summed E-state index contributed by atoms with van der Waals surface area (Å²) in [6.45, 7) is 1.27. The third-order valence-corrected chi connectivity index (χ3v) is 4.27. The van der Waals surface area contributed by atoms with Crippen molar-refractivity contribution in [2.75, 3.05) is 13.1 Å². The molecule has 7 heteroatoms. The van der Waals surface area contributed by atoms with E-state index >= 15 is 0 Å². The smallest absolute Gasteiger partial charge is 0.303 e. The van der Waals surface area contributed by atoms with E-state index in [2.05, 4.69) is 10.2 Å². The Morgan fingerprint density at radius 2 is 2.04 bits per heavy atom. The van der Waals surface area contributed by atoms with Gasteiger partial charge in [0.2, 0.25) is 0 Å². The summed E-state index contributed by atoms with van der Waals surface area (Å²) < 4.78 is 0. The molecule has 2 heterocycles. The van der Waals surface area contributed by atoms with Gasteiger partial charge in [0.05, 0.1) is 11.9 Å². The molecule has 1 aromatic heterocycles. The van der Waals surface area contributed by atoms with Gasteiger partial charge in [-0.15, -0.1) is 5.10 Å². The predicted molar refractivity (Wildman–Crippen MR) is 86.9 cm³/mol. The SMILES string of the molecule is O=C(O)CC[C@@H]1CCCN(C(=O)c2cnn(-c3ccccc3)n2)C1. The number of rotatable bonds is 5. The van der Waals surface area contributed by atoms with Crippen LogP contribution in [-0.2, 0) is 4.79 Å². The van der Waals surface area contributed by atoms with Crippen LogP contribution in [0.15, 0.2) is 36.5 Å². The number of para-hydroxylation sites is 1. The molecule has 1 atom stereocenters. The molecule has 1 aliphatic heterocycles. The molecular formula is C17H20N4O3. The molecule has 1 N–H and O–H groups in total. The molecule has 0 saturated carbocycles. The van der Waals surface area contributed by atoms with Crippen molar-refractivity contribution in [1.82, 2.24) is 19.9 Å². The molecule has 1 aliphatic rings. The minimum Gasteiger partial charge on any atom is -0.481 e. The molecule has 1 amide bonds. The minimum atomic E-state index is -0.788. The Morgan fingerprint density at radius 3 is 2.79 bits per heavy atom. The van der Waals surface area contributed by atoms with E-state index in [0.29, 0.717) is 25.2 Å². The number of aliphatic carboxylic acids is 1. The third-order valence-electron chi connectivity index (χ3n) is 4.27. The van der Waals surface area contributed by atoms with Gasteiger partial charge in [0.25, 0.3) is 5.91 Å². The van der Waals surface area contributed by atoms with Crippen LogP contribution < -0.4 is 0 Å². The highest BCUT2D eigenvalue weighted by atomic mass is 16.4. The molecule has 0 aliphatic carbocycles. The maximum atomic E-state index is 12.6. The van der Waals surface area contributed by atoms with Crippen LogP contribution in [0.5, 0.6) is 0 Å². The lowest BCUT2D eigenvalue weighted by Gasteiger charge is -2.32. The summed E-state index contributed by atoms with van der Waals surface area (Å²) in [5, 5.41) is 17.2. The number of benzene rings is 1. The highest BCUT2D eigenvalue weighted by Gasteiger charge is 2.26. The Hall–Kier alpha value is -2.70. The van der Waals surface area contributed by atoms with Gasteiger partial charge in [-0.3, -0.25) is 9.59 Å². The zero-order chi connectivity index (χ0) is 16.9. The Morgan fingerprint density at radius 1 is 1.25 bits per heavy atom. The Balaban J connectivity index is 1.66. The molecule has 1 fully saturated rings. The number of carbonyl (C=O) groups excluding carboxylic acids is 1. The fraction of sp³-hybridized carbons (Fsp3) is 0.412. The first-order valence-electron chi connectivity index (χ1n) is 8.12. The highest BCUT2D eigenvalue weighted by molar-refractivity contribution is 5.92. The highest BCUT2D eigenvalue weighted by Crippen LogP contribution is 2.22. The molecule has 1 aromatic carbocycles. The van der Waals surface area contributed by atoms with Gasteiger partial charge < -0.3 is 10.0 Å². The largest absolute Gasteiger partial charge is 0.481 e. The number of carboxylic acids is 1. The van der Waals surface area contributed by atoms with E-state index in [4.69, 9.17) is 5.11 Å². The lowest BCUT2D eigenvalue weighted by Crippen LogP contribution is -2.40. The van der Waals surface area contributed by atoms with Crippen LogP contribution in [0.1, 0.15) is 36.2 Å². The van der Waals surface area contributed by atoms with E-state index in [-0.39, 0.29) is 18.2 Å². The molecule has 24 heavy (non-hydrogen) atoms. The molecule has 3 rings (SSSR count). The summed E-state index contributed by atoms with van der Waals surface area (Å²) in [5.74, 6) is -0.690. The molecule has 1 saturated heterocycles. The number of piperidine rings is 1. The molecule has 0 radical (unpaired) electrons. The number of nitrogens with zero attached hydrogens (tertiary/aromatic N) is 4. The summed E-state index contributed by atoms with van der Waals surface area (Å²) in [5.41, 5.74) is 1.12. The fourth-order valence-electron chi connectivity index (χ4n) is 3.02. The minimum absolute atomic E-state index is 0.141. The Kier molecular flexibility index (Phi) is 4.88. The van der Waals surface area contributed by atoms with Gasteiger partial charge in [0.1, 0.15) is 0 Å². The molecule has 2 aromatic rings. The first-order chi connectivity index (χ1) is 11.6. The van der Waals surface area contributed by atoms with E-state index in [0.717, 1.165) is 18.5 Å². The first-order valence-corrected chi connectivity index (χ1v) is 8.12.